The van der Waals surface area contributed by atoms with Crippen LogP contribution in [0, 0.1) is 27.7 Å². The maximum Gasteiger partial charge on any atom is 0.244 e. The number of benzene rings is 1. The van der Waals surface area contributed by atoms with E-state index in [-0.39, 0.29) is 17.4 Å². The summed E-state index contributed by atoms with van der Waals surface area (Å²) in [7, 11) is 0. The van der Waals surface area contributed by atoms with Crippen LogP contribution in [0.5, 0.6) is 0 Å². The Balaban J connectivity index is 1.81. The molecule has 0 unspecified atom stereocenters. The number of aryl methyl sites for hydroxylation is 4. The number of nitrogens with one attached hydrogen (secondary N) is 1. The van der Waals surface area contributed by atoms with Crippen LogP contribution in [0.3, 0.4) is 0 Å². The normalized spacial score (nSPS) is 17.3. The lowest BCUT2D eigenvalue weighted by Crippen LogP contribution is -2.46. The van der Waals surface area contributed by atoms with Crippen molar-refractivity contribution in [2.45, 2.75) is 65.3 Å². The number of hydrogen-bond acceptors (Lipinski definition) is 3. The fourth-order valence-electron chi connectivity index (χ4n) is 4.42. The lowest BCUT2D eigenvalue weighted by molar-refractivity contribution is -0.125. The van der Waals surface area contributed by atoms with Gasteiger partial charge in [-0.1, -0.05) is 36.2 Å². The summed E-state index contributed by atoms with van der Waals surface area (Å²) in [6.45, 7) is 12.4. The highest BCUT2D eigenvalue weighted by Gasteiger charge is 2.36. The van der Waals surface area contributed by atoms with E-state index in [1.165, 1.54) is 16.7 Å². The topological polar surface area (TPSA) is 56.1 Å². The number of ether oxygens (including phenoxy) is 1. The summed E-state index contributed by atoms with van der Waals surface area (Å²) in [5, 5.41) is 7.79. The van der Waals surface area contributed by atoms with Crippen LogP contribution in [0.25, 0.3) is 0 Å². The minimum Gasteiger partial charge on any atom is -0.381 e. The van der Waals surface area contributed by atoms with Crippen molar-refractivity contribution in [2.75, 3.05) is 19.8 Å². The third kappa shape index (κ3) is 4.30. The molecule has 1 amide bonds. The van der Waals surface area contributed by atoms with Crippen LogP contribution in [0.4, 0.5) is 0 Å². The van der Waals surface area contributed by atoms with Crippen LogP contribution in [0.15, 0.2) is 24.3 Å². The molecule has 1 fully saturated rings. The zero-order chi connectivity index (χ0) is 20.3. The van der Waals surface area contributed by atoms with Gasteiger partial charge in [0, 0.05) is 30.9 Å². The Bertz CT molecular complexity index is 814. The molecule has 1 atom stereocenters. The molecule has 2 aromatic rings. The van der Waals surface area contributed by atoms with Gasteiger partial charge in [0.15, 0.2) is 0 Å². The second-order valence-corrected chi connectivity index (χ2v) is 8.28. The van der Waals surface area contributed by atoms with E-state index in [4.69, 9.17) is 4.74 Å². The molecule has 28 heavy (non-hydrogen) atoms. The highest BCUT2D eigenvalue weighted by atomic mass is 16.5. The monoisotopic (exact) mass is 383 g/mol. The highest BCUT2D eigenvalue weighted by molar-refractivity contribution is 5.80. The number of carbonyl (C=O) groups excluding carboxylic acids is 1. The Kier molecular flexibility index (Phi) is 6.23. The Morgan fingerprint density at radius 1 is 1.14 bits per heavy atom. The van der Waals surface area contributed by atoms with E-state index in [1.54, 1.807) is 0 Å². The molecular formula is C23H33N3O2. The van der Waals surface area contributed by atoms with Crippen LogP contribution in [0.1, 0.15) is 60.3 Å². The molecule has 0 aliphatic carbocycles. The summed E-state index contributed by atoms with van der Waals surface area (Å²) < 4.78 is 7.50. The predicted molar refractivity (Wildman–Crippen MR) is 112 cm³/mol. The standard InChI is InChI=1S/C23H33N3O2/c1-6-21(26-19(5)14-18(4)25-26)22(27)24-15-23(7-9-28-10-8-23)20-12-16(2)11-17(3)13-20/h11-14,21H,6-10,15H2,1-5H3,(H,24,27)/t21-/m1/s1. The first-order valence-electron chi connectivity index (χ1n) is 10.3. The summed E-state index contributed by atoms with van der Waals surface area (Å²) in [6.07, 6.45) is 2.56. The third-order valence-electron chi connectivity index (χ3n) is 5.91. The fourth-order valence-corrected chi connectivity index (χ4v) is 4.42. The number of rotatable bonds is 6. The second-order valence-electron chi connectivity index (χ2n) is 8.28. The molecule has 5 heteroatoms. The predicted octanol–water partition coefficient (Wildman–Crippen LogP) is 3.93. The van der Waals surface area contributed by atoms with Crippen molar-refractivity contribution in [3.05, 3.63) is 52.3 Å². The van der Waals surface area contributed by atoms with Gasteiger partial charge in [-0.3, -0.25) is 9.48 Å². The first-order chi connectivity index (χ1) is 13.3. The molecule has 0 bridgehead atoms. The van der Waals surface area contributed by atoms with Crippen LogP contribution in [-0.2, 0) is 14.9 Å². The highest BCUT2D eigenvalue weighted by Crippen LogP contribution is 2.35. The van der Waals surface area contributed by atoms with Gasteiger partial charge < -0.3 is 10.1 Å². The number of aromatic nitrogens is 2. The summed E-state index contributed by atoms with van der Waals surface area (Å²) in [5.41, 5.74) is 5.74. The summed E-state index contributed by atoms with van der Waals surface area (Å²) in [4.78, 5) is 13.1. The van der Waals surface area contributed by atoms with Gasteiger partial charge in [-0.15, -0.1) is 0 Å². The van der Waals surface area contributed by atoms with Crippen molar-refractivity contribution >= 4 is 5.91 Å². The van der Waals surface area contributed by atoms with Crippen molar-refractivity contribution in [2.24, 2.45) is 0 Å². The molecule has 5 nitrogen and oxygen atoms in total. The van der Waals surface area contributed by atoms with Gasteiger partial charge in [0.25, 0.3) is 0 Å². The molecule has 3 rings (SSSR count). The van der Waals surface area contributed by atoms with Gasteiger partial charge in [0.05, 0.1) is 5.69 Å². The summed E-state index contributed by atoms with van der Waals surface area (Å²) in [6, 6.07) is 8.48. The fraction of sp³-hybridized carbons (Fsp3) is 0.565. The Morgan fingerprint density at radius 2 is 1.79 bits per heavy atom. The van der Waals surface area contributed by atoms with Crippen molar-refractivity contribution in [3.63, 3.8) is 0 Å². The van der Waals surface area contributed by atoms with Gasteiger partial charge in [-0.25, -0.2) is 0 Å². The molecular weight excluding hydrogens is 350 g/mol. The van der Waals surface area contributed by atoms with Gasteiger partial charge in [0.1, 0.15) is 6.04 Å². The third-order valence-corrected chi connectivity index (χ3v) is 5.91. The van der Waals surface area contributed by atoms with Crippen molar-refractivity contribution < 1.29 is 9.53 Å². The van der Waals surface area contributed by atoms with E-state index < -0.39 is 0 Å². The first-order valence-corrected chi connectivity index (χ1v) is 10.3. The van der Waals surface area contributed by atoms with E-state index in [9.17, 15) is 4.79 Å². The van der Waals surface area contributed by atoms with Gasteiger partial charge in [0.2, 0.25) is 5.91 Å². The largest absolute Gasteiger partial charge is 0.381 e. The molecule has 1 aromatic carbocycles. The summed E-state index contributed by atoms with van der Waals surface area (Å²) >= 11 is 0. The van der Waals surface area contributed by atoms with Gasteiger partial charge in [-0.05, 0) is 58.6 Å². The quantitative estimate of drug-likeness (QED) is 0.822. The van der Waals surface area contributed by atoms with Crippen LogP contribution in [-0.4, -0.2) is 35.4 Å². The first kappa shape index (κ1) is 20.6. The van der Waals surface area contributed by atoms with Crippen LogP contribution >= 0.6 is 0 Å². The molecule has 0 saturated carbocycles. The maximum atomic E-state index is 13.1. The molecule has 1 aliphatic rings. The summed E-state index contributed by atoms with van der Waals surface area (Å²) in [5.74, 6) is 0.0453. The second kappa shape index (κ2) is 8.48. The molecule has 0 spiro atoms. The van der Waals surface area contributed by atoms with E-state index in [2.05, 4.69) is 42.5 Å². The van der Waals surface area contributed by atoms with Crippen molar-refractivity contribution in [3.8, 4) is 0 Å². The van der Waals surface area contributed by atoms with E-state index in [0.29, 0.717) is 13.0 Å². The molecule has 2 heterocycles. The SMILES string of the molecule is CC[C@H](C(=O)NCC1(c2cc(C)cc(C)c2)CCOCC1)n1nc(C)cc1C. The molecule has 1 N–H and O–H groups in total. The molecule has 0 radical (unpaired) electrons. The zero-order valence-corrected chi connectivity index (χ0v) is 17.8. The van der Waals surface area contributed by atoms with E-state index >= 15 is 0 Å². The van der Waals surface area contributed by atoms with E-state index in [1.807, 2.05) is 31.5 Å². The Morgan fingerprint density at radius 3 is 2.32 bits per heavy atom. The smallest absolute Gasteiger partial charge is 0.244 e. The molecule has 152 valence electrons. The van der Waals surface area contributed by atoms with Crippen molar-refractivity contribution in [1.29, 1.82) is 0 Å². The van der Waals surface area contributed by atoms with Crippen LogP contribution in [0.2, 0.25) is 0 Å². The zero-order valence-electron chi connectivity index (χ0n) is 17.8. The van der Waals surface area contributed by atoms with Gasteiger partial charge in [-0.2, -0.15) is 5.10 Å². The Labute approximate surface area is 168 Å². The average Bonchev–Trinajstić information content (AvgIpc) is 2.98. The van der Waals surface area contributed by atoms with Gasteiger partial charge >= 0.3 is 0 Å². The minimum absolute atomic E-state index is 0.0453. The maximum absolute atomic E-state index is 13.1. The van der Waals surface area contributed by atoms with Crippen LogP contribution < -0.4 is 5.32 Å². The average molecular weight is 384 g/mol. The lowest BCUT2D eigenvalue weighted by atomic mass is 9.73. The molecule has 1 aliphatic heterocycles. The number of amides is 1. The minimum atomic E-state index is -0.273. The molecule has 1 aromatic heterocycles. The van der Waals surface area contributed by atoms with Crippen molar-refractivity contribution in [1.82, 2.24) is 15.1 Å². The molecule has 1 saturated heterocycles. The Hall–Kier alpha value is -2.14. The number of hydrogen-bond donors (Lipinski definition) is 1. The lowest BCUT2D eigenvalue weighted by Gasteiger charge is -2.38. The number of nitrogens with zero attached hydrogens (tertiary/aromatic N) is 2. The number of carbonyl (C=O) groups is 1. The van der Waals surface area contributed by atoms with E-state index in [0.717, 1.165) is 37.4 Å².